The fraction of sp³-hybridized carbons (Fsp3) is 1.00. The van der Waals surface area contributed by atoms with Gasteiger partial charge in [0.2, 0.25) is 0 Å². The molecule has 3 fully saturated rings. The Morgan fingerprint density at radius 2 is 1.93 bits per heavy atom. The van der Waals surface area contributed by atoms with Gasteiger partial charge in [-0.1, -0.05) is 0 Å². The van der Waals surface area contributed by atoms with Crippen LogP contribution in [0.15, 0.2) is 0 Å². The molecule has 14 heavy (non-hydrogen) atoms. The topological polar surface area (TPSA) is 32.5 Å². The van der Waals surface area contributed by atoms with Gasteiger partial charge in [0.1, 0.15) is 0 Å². The highest BCUT2D eigenvalue weighted by Gasteiger charge is 2.38. The quantitative estimate of drug-likeness (QED) is 0.700. The zero-order valence-electron chi connectivity index (χ0n) is 9.50. The minimum absolute atomic E-state index is 0.348. The second kappa shape index (κ2) is 3.80. The second-order valence-corrected chi connectivity index (χ2v) is 5.29. The number of fused-ring (bicyclic) bond motifs is 4. The van der Waals surface area contributed by atoms with E-state index in [1.165, 1.54) is 32.5 Å². The molecule has 0 saturated carbocycles. The number of nitrogens with two attached hydrogens (primary N) is 1. The van der Waals surface area contributed by atoms with E-state index in [2.05, 4.69) is 23.6 Å². The van der Waals surface area contributed by atoms with Crippen LogP contribution in [0, 0.1) is 0 Å². The highest BCUT2D eigenvalue weighted by atomic mass is 15.3. The van der Waals surface area contributed by atoms with E-state index in [0.717, 1.165) is 19.1 Å². The van der Waals surface area contributed by atoms with Crippen LogP contribution in [-0.2, 0) is 0 Å². The molecular formula is C11H23N3. The smallest absolute Gasteiger partial charge is 0.0280 e. The molecule has 3 aliphatic heterocycles. The van der Waals surface area contributed by atoms with Crippen LogP contribution in [-0.4, -0.2) is 54.1 Å². The molecule has 0 aromatic heterocycles. The molecule has 3 rings (SSSR count). The van der Waals surface area contributed by atoms with Gasteiger partial charge in [-0.15, -0.1) is 0 Å². The summed E-state index contributed by atoms with van der Waals surface area (Å²) in [5, 5.41) is 0. The fourth-order valence-corrected chi connectivity index (χ4v) is 2.99. The average molecular weight is 197 g/mol. The van der Waals surface area contributed by atoms with E-state index >= 15 is 0 Å². The molecule has 0 spiro atoms. The molecule has 0 aromatic rings. The third kappa shape index (κ3) is 1.81. The van der Waals surface area contributed by atoms with E-state index in [9.17, 15) is 0 Å². The Balaban J connectivity index is 2.12. The van der Waals surface area contributed by atoms with E-state index in [-0.39, 0.29) is 0 Å². The summed E-state index contributed by atoms with van der Waals surface area (Å²) in [7, 11) is 0. The van der Waals surface area contributed by atoms with Gasteiger partial charge in [0, 0.05) is 44.3 Å². The second-order valence-electron chi connectivity index (χ2n) is 5.29. The summed E-state index contributed by atoms with van der Waals surface area (Å²) in [6, 6.07) is 0.802. The molecule has 0 unspecified atom stereocenters. The van der Waals surface area contributed by atoms with Crippen molar-refractivity contribution in [3.63, 3.8) is 0 Å². The zero-order chi connectivity index (χ0) is 10.2. The van der Waals surface area contributed by atoms with E-state index in [1.807, 2.05) is 0 Å². The summed E-state index contributed by atoms with van der Waals surface area (Å²) in [5.74, 6) is 0. The van der Waals surface area contributed by atoms with Gasteiger partial charge in [-0.25, -0.2) is 0 Å². The Morgan fingerprint density at radius 1 is 1.29 bits per heavy atom. The first-order valence-electron chi connectivity index (χ1n) is 5.83. The van der Waals surface area contributed by atoms with E-state index in [1.54, 1.807) is 0 Å². The van der Waals surface area contributed by atoms with Gasteiger partial charge >= 0.3 is 0 Å². The molecule has 0 amide bonds. The van der Waals surface area contributed by atoms with E-state index in [4.69, 9.17) is 5.73 Å². The van der Waals surface area contributed by atoms with Crippen LogP contribution >= 0.6 is 0 Å². The van der Waals surface area contributed by atoms with Crippen molar-refractivity contribution >= 4 is 0 Å². The summed E-state index contributed by atoms with van der Waals surface area (Å²) in [6.07, 6.45) is 2.67. The highest BCUT2D eigenvalue weighted by molar-refractivity contribution is 4.95. The molecule has 2 N–H and O–H groups in total. The number of nitrogens with zero attached hydrogens (tertiary/aromatic N) is 2. The molecule has 0 aliphatic carbocycles. The number of rotatable bonds is 2. The third-order valence-corrected chi connectivity index (χ3v) is 3.84. The standard InChI is InChI=1S/C11H23N3/c1-11(2)9-13(8-5-12)10-3-6-14(11)7-4-10/h10H,3-9,12H2,1-2H3. The largest absolute Gasteiger partial charge is 0.329 e. The van der Waals surface area contributed by atoms with Crippen LogP contribution in [0.4, 0.5) is 0 Å². The van der Waals surface area contributed by atoms with Gasteiger partial charge in [0.05, 0.1) is 0 Å². The molecule has 0 aromatic carbocycles. The molecule has 3 saturated heterocycles. The van der Waals surface area contributed by atoms with Gasteiger partial charge in [0.25, 0.3) is 0 Å². The summed E-state index contributed by atoms with van der Waals surface area (Å²) >= 11 is 0. The minimum atomic E-state index is 0.348. The zero-order valence-corrected chi connectivity index (χ0v) is 9.50. The maximum atomic E-state index is 5.67. The molecule has 3 aliphatic rings. The first-order valence-corrected chi connectivity index (χ1v) is 5.83. The van der Waals surface area contributed by atoms with Gasteiger partial charge in [-0.3, -0.25) is 9.80 Å². The Hall–Kier alpha value is -0.120. The van der Waals surface area contributed by atoms with Crippen molar-refractivity contribution in [2.24, 2.45) is 5.73 Å². The van der Waals surface area contributed by atoms with Crippen molar-refractivity contribution in [1.82, 2.24) is 9.80 Å². The molecule has 0 radical (unpaired) electrons. The highest BCUT2D eigenvalue weighted by Crippen LogP contribution is 2.29. The maximum Gasteiger partial charge on any atom is 0.0280 e. The van der Waals surface area contributed by atoms with Crippen molar-refractivity contribution < 1.29 is 0 Å². The van der Waals surface area contributed by atoms with Gasteiger partial charge in [-0.2, -0.15) is 0 Å². The van der Waals surface area contributed by atoms with Gasteiger partial charge < -0.3 is 5.73 Å². The van der Waals surface area contributed by atoms with Crippen LogP contribution in [0.3, 0.4) is 0 Å². The molecular weight excluding hydrogens is 174 g/mol. The predicted molar refractivity (Wildman–Crippen MR) is 59.3 cm³/mol. The molecule has 3 heterocycles. The average Bonchev–Trinajstić information content (AvgIpc) is 2.34. The van der Waals surface area contributed by atoms with Crippen LogP contribution in [0.5, 0.6) is 0 Å². The fourth-order valence-electron chi connectivity index (χ4n) is 2.99. The number of hydrogen-bond donors (Lipinski definition) is 1. The minimum Gasteiger partial charge on any atom is -0.329 e. The molecule has 82 valence electrons. The first-order chi connectivity index (χ1) is 6.63. The number of hydrogen-bond acceptors (Lipinski definition) is 3. The molecule has 3 heteroatoms. The summed E-state index contributed by atoms with van der Waals surface area (Å²) in [5.41, 5.74) is 6.02. The lowest BCUT2D eigenvalue weighted by molar-refractivity contribution is 0.121. The Morgan fingerprint density at radius 3 is 2.50 bits per heavy atom. The van der Waals surface area contributed by atoms with Gasteiger partial charge in [0.15, 0.2) is 0 Å². The number of piperidine rings is 1. The third-order valence-electron chi connectivity index (χ3n) is 3.84. The SMILES string of the molecule is CC1(C)CN(CCN)C2CCN1CC2. The van der Waals surface area contributed by atoms with Crippen LogP contribution < -0.4 is 5.73 Å². The van der Waals surface area contributed by atoms with Crippen molar-refractivity contribution in [1.29, 1.82) is 0 Å². The van der Waals surface area contributed by atoms with Crippen molar-refractivity contribution in [3.05, 3.63) is 0 Å². The maximum absolute atomic E-state index is 5.67. The molecule has 3 nitrogen and oxygen atoms in total. The lowest BCUT2D eigenvalue weighted by Crippen LogP contribution is -2.48. The normalized spacial score (nSPS) is 37.1. The monoisotopic (exact) mass is 197 g/mol. The summed E-state index contributed by atoms with van der Waals surface area (Å²) < 4.78 is 0. The van der Waals surface area contributed by atoms with Crippen LogP contribution in [0.2, 0.25) is 0 Å². The lowest BCUT2D eigenvalue weighted by atomic mass is 10.0. The van der Waals surface area contributed by atoms with Crippen molar-refractivity contribution in [2.75, 3.05) is 32.7 Å². The Bertz CT molecular complexity index is 195. The lowest BCUT2D eigenvalue weighted by Gasteiger charge is -2.37. The molecule has 2 bridgehead atoms. The van der Waals surface area contributed by atoms with Crippen molar-refractivity contribution in [3.8, 4) is 0 Å². The Labute approximate surface area is 87.2 Å². The summed E-state index contributed by atoms with van der Waals surface area (Å²) in [6.45, 7) is 10.3. The predicted octanol–water partition coefficient (Wildman–Crippen LogP) is 0.504. The van der Waals surface area contributed by atoms with Gasteiger partial charge in [-0.05, 0) is 26.7 Å². The summed E-state index contributed by atoms with van der Waals surface area (Å²) in [4.78, 5) is 5.24. The Kier molecular flexibility index (Phi) is 2.82. The van der Waals surface area contributed by atoms with Crippen LogP contribution in [0.1, 0.15) is 26.7 Å². The van der Waals surface area contributed by atoms with E-state index in [0.29, 0.717) is 5.54 Å². The van der Waals surface area contributed by atoms with Crippen LogP contribution in [0.25, 0.3) is 0 Å². The van der Waals surface area contributed by atoms with E-state index < -0.39 is 0 Å². The first kappa shape index (κ1) is 10.4. The van der Waals surface area contributed by atoms with Crippen molar-refractivity contribution in [2.45, 2.75) is 38.3 Å². The molecule has 0 atom stereocenters.